The second-order valence-corrected chi connectivity index (χ2v) is 10.3. The molecule has 3 rings (SSSR count). The Balaban J connectivity index is 1.88. The first-order chi connectivity index (χ1) is 19.5. The van der Waals surface area contributed by atoms with Gasteiger partial charge in [0.1, 0.15) is 11.3 Å². The third-order valence-electron chi connectivity index (χ3n) is 6.19. The van der Waals surface area contributed by atoms with Crippen LogP contribution in [0.1, 0.15) is 51.7 Å². The summed E-state index contributed by atoms with van der Waals surface area (Å²) in [6.45, 7) is 14.4. The van der Waals surface area contributed by atoms with E-state index in [0.29, 0.717) is 53.7 Å². The van der Waals surface area contributed by atoms with Gasteiger partial charge in [0.15, 0.2) is 0 Å². The summed E-state index contributed by atoms with van der Waals surface area (Å²) in [5.74, 6) is -1.09. The van der Waals surface area contributed by atoms with Gasteiger partial charge in [0.05, 0.1) is 24.7 Å². The molecule has 0 bridgehead atoms. The number of benzene rings is 2. The highest BCUT2D eigenvalue weighted by Crippen LogP contribution is 2.28. The first kappa shape index (κ1) is 31.1. The molecule has 41 heavy (non-hydrogen) atoms. The van der Waals surface area contributed by atoms with Gasteiger partial charge in [0, 0.05) is 16.5 Å². The molecule has 0 aliphatic carbocycles. The van der Waals surface area contributed by atoms with Crippen LogP contribution in [-0.4, -0.2) is 31.1 Å². The van der Waals surface area contributed by atoms with Gasteiger partial charge in [0.2, 0.25) is 0 Å². The number of fused-ring (bicyclic) bond motifs is 1. The Morgan fingerprint density at radius 1 is 0.854 bits per heavy atom. The van der Waals surface area contributed by atoms with E-state index in [9.17, 15) is 19.2 Å². The molecule has 0 N–H and O–H groups in total. The summed E-state index contributed by atoms with van der Waals surface area (Å²) < 4.78 is 21.6. The molecule has 8 nitrogen and oxygen atoms in total. The van der Waals surface area contributed by atoms with Crippen LogP contribution in [0.15, 0.2) is 76.0 Å². The summed E-state index contributed by atoms with van der Waals surface area (Å²) >= 11 is 0. The van der Waals surface area contributed by atoms with Crippen LogP contribution in [-0.2, 0) is 36.7 Å². The summed E-state index contributed by atoms with van der Waals surface area (Å²) in [5, 5.41) is 0.739. The number of rotatable bonds is 13. The molecular formula is C33H36O8. The van der Waals surface area contributed by atoms with Gasteiger partial charge in [-0.1, -0.05) is 45.2 Å². The minimum Gasteiger partial charge on any atom is -0.465 e. The van der Waals surface area contributed by atoms with Crippen LogP contribution < -0.4 is 10.4 Å². The second-order valence-electron chi connectivity index (χ2n) is 10.3. The van der Waals surface area contributed by atoms with Gasteiger partial charge in [-0.3, -0.25) is 4.79 Å². The summed E-state index contributed by atoms with van der Waals surface area (Å²) in [6.07, 6.45) is 2.32. The van der Waals surface area contributed by atoms with Crippen LogP contribution >= 0.6 is 0 Å². The van der Waals surface area contributed by atoms with Crippen molar-refractivity contribution in [2.45, 2.75) is 53.4 Å². The molecule has 1 heterocycles. The lowest BCUT2D eigenvalue weighted by molar-refractivity contribution is -0.147. The third-order valence-corrected chi connectivity index (χ3v) is 6.19. The Bertz CT molecular complexity index is 1510. The van der Waals surface area contributed by atoms with Gasteiger partial charge in [-0.2, -0.15) is 0 Å². The SMILES string of the molecule is C=C(C)C(=O)OCCCc1cc(CCCOC(=O)C(C)C)c2oc(=O)c(-c3ccc(OC(=O)C(=C)C)cc3)cc2c1. The van der Waals surface area contributed by atoms with E-state index >= 15 is 0 Å². The Morgan fingerprint density at radius 2 is 1.49 bits per heavy atom. The third kappa shape index (κ3) is 8.76. The highest BCUT2D eigenvalue weighted by Gasteiger charge is 2.15. The number of ether oxygens (including phenoxy) is 3. The number of hydrogen-bond acceptors (Lipinski definition) is 8. The fraction of sp³-hybridized carbons (Fsp3) is 0.333. The molecule has 1 aromatic heterocycles. The summed E-state index contributed by atoms with van der Waals surface area (Å²) in [5.41, 5.74) is 3.37. The minimum absolute atomic E-state index is 0.207. The standard InChI is InChI=1S/C33H36O8/c1-20(2)30(34)38-15-7-9-23-17-25(10-8-16-39-31(35)21(3)4)29-26(18-23)19-28(33(37)41-29)24-11-13-27(14-12-24)40-32(36)22(5)6/h11-14,17-19,21H,1,5,7-10,15-16H2,2-4,6H3. The molecule has 3 aromatic rings. The van der Waals surface area contributed by atoms with Crippen LogP contribution in [0.4, 0.5) is 0 Å². The van der Waals surface area contributed by atoms with Gasteiger partial charge in [-0.15, -0.1) is 0 Å². The molecule has 0 saturated heterocycles. The lowest BCUT2D eigenvalue weighted by atomic mass is 9.98. The van der Waals surface area contributed by atoms with Gasteiger partial charge >= 0.3 is 23.5 Å². The summed E-state index contributed by atoms with van der Waals surface area (Å²) in [7, 11) is 0. The van der Waals surface area contributed by atoms with Crippen molar-refractivity contribution < 1.29 is 33.0 Å². The fourth-order valence-electron chi connectivity index (χ4n) is 3.97. The van der Waals surface area contributed by atoms with Gasteiger partial charge in [-0.05, 0) is 80.5 Å². The van der Waals surface area contributed by atoms with Crippen molar-refractivity contribution in [2.24, 2.45) is 5.92 Å². The van der Waals surface area contributed by atoms with E-state index in [-0.39, 0.29) is 30.7 Å². The molecule has 0 radical (unpaired) electrons. The Morgan fingerprint density at radius 3 is 2.12 bits per heavy atom. The molecule has 0 aliphatic heterocycles. The number of aryl methyl sites for hydroxylation is 2. The van der Waals surface area contributed by atoms with Crippen LogP contribution in [0.25, 0.3) is 22.1 Å². The molecule has 0 aliphatic rings. The number of hydrogen-bond donors (Lipinski definition) is 0. The number of carbonyl (C=O) groups is 3. The predicted octanol–water partition coefficient (Wildman–Crippen LogP) is 6.13. The molecule has 2 aromatic carbocycles. The minimum atomic E-state index is -0.531. The van der Waals surface area contributed by atoms with E-state index in [1.54, 1.807) is 58.0 Å². The van der Waals surface area contributed by atoms with E-state index in [4.69, 9.17) is 18.6 Å². The normalized spacial score (nSPS) is 10.9. The molecule has 0 unspecified atom stereocenters. The maximum absolute atomic E-state index is 13.1. The van der Waals surface area contributed by atoms with Crippen molar-refractivity contribution in [3.8, 4) is 16.9 Å². The van der Waals surface area contributed by atoms with E-state index in [0.717, 1.165) is 16.5 Å². The molecule has 216 valence electrons. The molecule has 0 spiro atoms. The van der Waals surface area contributed by atoms with Crippen molar-refractivity contribution in [1.82, 2.24) is 0 Å². The average molecular weight is 561 g/mol. The molecule has 0 atom stereocenters. The maximum atomic E-state index is 13.1. The monoisotopic (exact) mass is 560 g/mol. The Labute approximate surface area is 239 Å². The van der Waals surface area contributed by atoms with Crippen molar-refractivity contribution in [1.29, 1.82) is 0 Å². The van der Waals surface area contributed by atoms with E-state index in [1.165, 1.54) is 0 Å². The number of esters is 3. The lowest BCUT2D eigenvalue weighted by Gasteiger charge is -2.12. The molecular weight excluding hydrogens is 524 g/mol. The van der Waals surface area contributed by atoms with Gasteiger partial charge in [-0.25, -0.2) is 14.4 Å². The van der Waals surface area contributed by atoms with Crippen molar-refractivity contribution in [3.05, 3.63) is 88.3 Å². The topological polar surface area (TPSA) is 109 Å². The summed E-state index contributed by atoms with van der Waals surface area (Å²) in [6, 6.07) is 12.3. The zero-order valence-electron chi connectivity index (χ0n) is 24.0. The van der Waals surface area contributed by atoms with Crippen molar-refractivity contribution >= 4 is 28.9 Å². The average Bonchev–Trinajstić information content (AvgIpc) is 2.93. The predicted molar refractivity (Wildman–Crippen MR) is 157 cm³/mol. The lowest BCUT2D eigenvalue weighted by Crippen LogP contribution is -2.13. The molecule has 8 heteroatoms. The van der Waals surface area contributed by atoms with E-state index in [2.05, 4.69) is 13.2 Å². The molecule has 0 fully saturated rings. The fourth-order valence-corrected chi connectivity index (χ4v) is 3.97. The Hall–Kier alpha value is -4.46. The largest absolute Gasteiger partial charge is 0.465 e. The first-order valence-electron chi connectivity index (χ1n) is 13.5. The van der Waals surface area contributed by atoms with Crippen LogP contribution in [0.3, 0.4) is 0 Å². The van der Waals surface area contributed by atoms with Crippen molar-refractivity contribution in [2.75, 3.05) is 13.2 Å². The number of carbonyl (C=O) groups excluding carboxylic acids is 3. The van der Waals surface area contributed by atoms with Crippen LogP contribution in [0, 0.1) is 5.92 Å². The molecule has 0 amide bonds. The van der Waals surface area contributed by atoms with Crippen molar-refractivity contribution in [3.63, 3.8) is 0 Å². The molecule has 0 saturated carbocycles. The maximum Gasteiger partial charge on any atom is 0.344 e. The zero-order chi connectivity index (χ0) is 30.1. The van der Waals surface area contributed by atoms with Crippen LogP contribution in [0.2, 0.25) is 0 Å². The van der Waals surface area contributed by atoms with E-state index in [1.807, 2.05) is 12.1 Å². The quantitative estimate of drug-likeness (QED) is 0.0808. The smallest absolute Gasteiger partial charge is 0.344 e. The van der Waals surface area contributed by atoms with Gasteiger partial charge in [0.25, 0.3) is 0 Å². The van der Waals surface area contributed by atoms with Gasteiger partial charge < -0.3 is 18.6 Å². The summed E-state index contributed by atoms with van der Waals surface area (Å²) in [4.78, 5) is 48.4. The van der Waals surface area contributed by atoms with Crippen LogP contribution in [0.5, 0.6) is 5.75 Å². The van der Waals surface area contributed by atoms with E-state index < -0.39 is 17.6 Å². The second kappa shape index (κ2) is 14.3. The Kier molecular flexibility index (Phi) is 10.8. The highest BCUT2D eigenvalue weighted by molar-refractivity contribution is 5.89. The first-order valence-corrected chi connectivity index (χ1v) is 13.5. The highest BCUT2D eigenvalue weighted by atomic mass is 16.5. The zero-order valence-corrected chi connectivity index (χ0v) is 24.0.